The summed E-state index contributed by atoms with van der Waals surface area (Å²) in [6.45, 7) is 2.03. The third kappa shape index (κ3) is 3.40. The Morgan fingerprint density at radius 1 is 1.44 bits per heavy atom. The van der Waals surface area contributed by atoms with E-state index in [0.29, 0.717) is 0 Å². The van der Waals surface area contributed by atoms with Gasteiger partial charge in [-0.3, -0.25) is 4.79 Å². The van der Waals surface area contributed by atoms with E-state index in [1.807, 2.05) is 6.92 Å². The molecular formula is C11H20N2O3. The van der Waals surface area contributed by atoms with Gasteiger partial charge in [-0.2, -0.15) is 0 Å². The number of nitrogens with one attached hydrogen (secondary N) is 1. The van der Waals surface area contributed by atoms with Crippen LogP contribution >= 0.6 is 0 Å². The molecule has 2 unspecified atom stereocenters. The predicted octanol–water partition coefficient (Wildman–Crippen LogP) is 1.43. The molecule has 2 N–H and O–H groups in total. The Bertz CT molecular complexity index is 268. The molecule has 1 heterocycles. The highest BCUT2D eigenvalue weighted by atomic mass is 16.4. The smallest absolute Gasteiger partial charge is 0.317 e. The number of aliphatic carboxylic acids is 1. The molecule has 1 aliphatic heterocycles. The maximum atomic E-state index is 11.3. The number of rotatable bonds is 6. The summed E-state index contributed by atoms with van der Waals surface area (Å²) in [5, 5.41) is 11.4. The maximum absolute atomic E-state index is 11.3. The Hall–Kier alpha value is -1.26. The number of carboxylic acids is 1. The summed E-state index contributed by atoms with van der Waals surface area (Å²) in [6.07, 6.45) is 3.77. The average molecular weight is 228 g/mol. The van der Waals surface area contributed by atoms with E-state index in [-0.39, 0.29) is 24.5 Å². The second-order valence-corrected chi connectivity index (χ2v) is 4.40. The summed E-state index contributed by atoms with van der Waals surface area (Å²) in [5.41, 5.74) is 0. The standard InChI is InChI=1S/C11H20N2O3/c1-8-9(12-11(16)13(8)2)6-4-3-5-7-10(14)15/h8-9H,3-7H2,1-2H3,(H,12,16)(H,14,15). The Morgan fingerprint density at radius 2 is 2.12 bits per heavy atom. The highest BCUT2D eigenvalue weighted by Gasteiger charge is 2.32. The van der Waals surface area contributed by atoms with Crippen molar-refractivity contribution in [1.82, 2.24) is 10.2 Å². The Balaban J connectivity index is 2.14. The van der Waals surface area contributed by atoms with Crippen LogP contribution in [-0.2, 0) is 4.79 Å². The van der Waals surface area contributed by atoms with Crippen LogP contribution in [0.25, 0.3) is 0 Å². The minimum atomic E-state index is -0.734. The van der Waals surface area contributed by atoms with Gasteiger partial charge < -0.3 is 15.3 Å². The number of urea groups is 1. The zero-order valence-corrected chi connectivity index (χ0v) is 9.90. The van der Waals surface area contributed by atoms with Gasteiger partial charge in [0, 0.05) is 13.5 Å². The summed E-state index contributed by atoms with van der Waals surface area (Å²) >= 11 is 0. The van der Waals surface area contributed by atoms with Gasteiger partial charge in [-0.1, -0.05) is 12.8 Å². The van der Waals surface area contributed by atoms with Crippen molar-refractivity contribution in [2.45, 2.75) is 51.1 Å². The molecule has 2 atom stereocenters. The van der Waals surface area contributed by atoms with Gasteiger partial charge in [-0.25, -0.2) is 4.79 Å². The van der Waals surface area contributed by atoms with E-state index in [1.165, 1.54) is 0 Å². The Labute approximate surface area is 95.8 Å². The number of nitrogens with zero attached hydrogens (tertiary/aromatic N) is 1. The maximum Gasteiger partial charge on any atom is 0.317 e. The van der Waals surface area contributed by atoms with Crippen molar-refractivity contribution in [2.24, 2.45) is 0 Å². The lowest BCUT2D eigenvalue weighted by Crippen LogP contribution is -2.31. The van der Waals surface area contributed by atoms with Gasteiger partial charge in [-0.05, 0) is 19.8 Å². The van der Waals surface area contributed by atoms with Crippen LogP contribution in [0, 0.1) is 0 Å². The van der Waals surface area contributed by atoms with E-state index in [1.54, 1.807) is 11.9 Å². The zero-order chi connectivity index (χ0) is 12.1. The van der Waals surface area contributed by atoms with Crippen LogP contribution in [0.5, 0.6) is 0 Å². The number of carboxylic acid groups (broad SMARTS) is 1. The lowest BCUT2D eigenvalue weighted by molar-refractivity contribution is -0.137. The minimum absolute atomic E-state index is 0.0111. The summed E-state index contributed by atoms with van der Waals surface area (Å²) in [6, 6.07) is 0.428. The minimum Gasteiger partial charge on any atom is -0.481 e. The lowest BCUT2D eigenvalue weighted by atomic mass is 10.0. The first-order valence-electron chi connectivity index (χ1n) is 5.77. The normalized spacial score (nSPS) is 24.6. The molecule has 0 aromatic rings. The van der Waals surface area contributed by atoms with Crippen LogP contribution in [-0.4, -0.2) is 41.1 Å². The molecule has 5 heteroatoms. The number of likely N-dealkylation sites (N-methyl/N-ethyl adjacent to an activating group) is 1. The zero-order valence-electron chi connectivity index (χ0n) is 9.90. The van der Waals surface area contributed by atoms with Gasteiger partial charge in [0.15, 0.2) is 0 Å². The molecule has 16 heavy (non-hydrogen) atoms. The van der Waals surface area contributed by atoms with E-state index < -0.39 is 5.97 Å². The molecule has 0 aromatic heterocycles. The molecule has 92 valence electrons. The van der Waals surface area contributed by atoms with Crippen molar-refractivity contribution in [3.63, 3.8) is 0 Å². The molecule has 0 bridgehead atoms. The number of hydrogen-bond acceptors (Lipinski definition) is 2. The first-order valence-corrected chi connectivity index (χ1v) is 5.77. The predicted molar refractivity (Wildman–Crippen MR) is 60.3 cm³/mol. The topological polar surface area (TPSA) is 69.6 Å². The van der Waals surface area contributed by atoms with Gasteiger partial charge >= 0.3 is 12.0 Å². The van der Waals surface area contributed by atoms with Crippen LogP contribution in [0.4, 0.5) is 4.79 Å². The van der Waals surface area contributed by atoms with Crippen molar-refractivity contribution in [1.29, 1.82) is 0 Å². The van der Waals surface area contributed by atoms with Crippen LogP contribution in [0.1, 0.15) is 39.0 Å². The van der Waals surface area contributed by atoms with Crippen LogP contribution in [0.2, 0.25) is 0 Å². The third-order valence-corrected chi connectivity index (χ3v) is 3.23. The van der Waals surface area contributed by atoms with E-state index in [4.69, 9.17) is 5.11 Å². The number of carbonyl (C=O) groups excluding carboxylic acids is 1. The molecule has 2 amide bonds. The van der Waals surface area contributed by atoms with Crippen LogP contribution in [0.15, 0.2) is 0 Å². The molecule has 0 saturated carbocycles. The summed E-state index contributed by atoms with van der Waals surface area (Å²) < 4.78 is 0. The monoisotopic (exact) mass is 228 g/mol. The first-order chi connectivity index (χ1) is 7.52. The molecule has 5 nitrogen and oxygen atoms in total. The van der Waals surface area contributed by atoms with Gasteiger partial charge in [-0.15, -0.1) is 0 Å². The van der Waals surface area contributed by atoms with E-state index >= 15 is 0 Å². The van der Waals surface area contributed by atoms with Crippen LogP contribution in [0.3, 0.4) is 0 Å². The number of carbonyl (C=O) groups is 2. The molecule has 1 fully saturated rings. The van der Waals surface area contributed by atoms with Crippen molar-refractivity contribution in [3.05, 3.63) is 0 Å². The molecule has 1 saturated heterocycles. The Morgan fingerprint density at radius 3 is 2.62 bits per heavy atom. The fourth-order valence-electron chi connectivity index (χ4n) is 1.97. The second kappa shape index (κ2) is 5.72. The van der Waals surface area contributed by atoms with Gasteiger partial charge in [0.2, 0.25) is 0 Å². The average Bonchev–Trinajstić information content (AvgIpc) is 2.45. The number of amides is 2. The van der Waals surface area contributed by atoms with E-state index in [9.17, 15) is 9.59 Å². The van der Waals surface area contributed by atoms with Gasteiger partial charge in [0.05, 0.1) is 12.1 Å². The number of hydrogen-bond donors (Lipinski definition) is 2. The quantitative estimate of drug-likeness (QED) is 0.676. The van der Waals surface area contributed by atoms with E-state index in [0.717, 1.165) is 25.7 Å². The second-order valence-electron chi connectivity index (χ2n) is 4.40. The fourth-order valence-corrected chi connectivity index (χ4v) is 1.97. The molecule has 0 spiro atoms. The van der Waals surface area contributed by atoms with Crippen molar-refractivity contribution < 1.29 is 14.7 Å². The van der Waals surface area contributed by atoms with Crippen LogP contribution < -0.4 is 5.32 Å². The molecule has 0 aromatic carbocycles. The summed E-state index contributed by atoms with van der Waals surface area (Å²) in [7, 11) is 1.80. The largest absolute Gasteiger partial charge is 0.481 e. The van der Waals surface area contributed by atoms with Gasteiger partial charge in [0.1, 0.15) is 0 Å². The molecule has 1 rings (SSSR count). The van der Waals surface area contributed by atoms with Crippen molar-refractivity contribution in [3.8, 4) is 0 Å². The van der Waals surface area contributed by atoms with Gasteiger partial charge in [0.25, 0.3) is 0 Å². The Kier molecular flexibility index (Phi) is 4.58. The molecule has 0 aliphatic carbocycles. The summed E-state index contributed by atoms with van der Waals surface area (Å²) in [5.74, 6) is -0.734. The van der Waals surface area contributed by atoms with Crippen molar-refractivity contribution in [2.75, 3.05) is 7.05 Å². The molecule has 0 radical (unpaired) electrons. The highest BCUT2D eigenvalue weighted by molar-refractivity contribution is 5.77. The fraction of sp³-hybridized carbons (Fsp3) is 0.818. The summed E-state index contributed by atoms with van der Waals surface area (Å²) in [4.78, 5) is 23.3. The SMILES string of the molecule is CC1C(CCCCCC(=O)O)NC(=O)N1C. The molecular weight excluding hydrogens is 208 g/mol. The first kappa shape index (κ1) is 12.8. The highest BCUT2D eigenvalue weighted by Crippen LogP contribution is 2.16. The lowest BCUT2D eigenvalue weighted by Gasteiger charge is -2.18. The van der Waals surface area contributed by atoms with E-state index in [2.05, 4.69) is 5.32 Å². The third-order valence-electron chi connectivity index (χ3n) is 3.23. The molecule has 1 aliphatic rings. The number of unbranched alkanes of at least 4 members (excludes halogenated alkanes) is 2. The van der Waals surface area contributed by atoms with Crippen molar-refractivity contribution >= 4 is 12.0 Å².